The van der Waals surface area contributed by atoms with Crippen LogP contribution in [0.2, 0.25) is 0 Å². The molecule has 1 amide bonds. The summed E-state index contributed by atoms with van der Waals surface area (Å²) >= 11 is 0. The molecule has 0 aliphatic heterocycles. The molecule has 2 aromatic heterocycles. The van der Waals surface area contributed by atoms with E-state index in [1.165, 1.54) is 19.3 Å². The molecule has 1 atom stereocenters. The number of rotatable bonds is 5. The van der Waals surface area contributed by atoms with Gasteiger partial charge in [0.25, 0.3) is 5.91 Å². The van der Waals surface area contributed by atoms with Crippen molar-refractivity contribution in [1.29, 1.82) is 0 Å². The zero-order valence-electron chi connectivity index (χ0n) is 12.5. The van der Waals surface area contributed by atoms with Crippen LogP contribution in [0.4, 0.5) is 0 Å². The minimum absolute atomic E-state index is 0.0246. The second-order valence-corrected chi connectivity index (χ2v) is 5.86. The lowest BCUT2D eigenvalue weighted by Gasteiger charge is -2.29. The summed E-state index contributed by atoms with van der Waals surface area (Å²) in [5.74, 6) is 0.954. The molecule has 1 unspecified atom stereocenters. The van der Waals surface area contributed by atoms with Gasteiger partial charge in [0, 0.05) is 18.7 Å². The summed E-state index contributed by atoms with van der Waals surface area (Å²) < 4.78 is 5.29. The quantitative estimate of drug-likeness (QED) is 0.789. The molecule has 0 saturated heterocycles. The van der Waals surface area contributed by atoms with Crippen LogP contribution in [0.3, 0.4) is 0 Å². The Balaban J connectivity index is 1.65. The number of aromatic amines is 1. The first kappa shape index (κ1) is 14.8. The van der Waals surface area contributed by atoms with Crippen molar-refractivity contribution in [1.82, 2.24) is 15.5 Å². The van der Waals surface area contributed by atoms with Gasteiger partial charge < -0.3 is 15.5 Å². The summed E-state index contributed by atoms with van der Waals surface area (Å²) in [5, 5.41) is 9.93. The van der Waals surface area contributed by atoms with Gasteiger partial charge in [-0.15, -0.1) is 0 Å². The number of aromatic nitrogens is 2. The highest BCUT2D eigenvalue weighted by Crippen LogP contribution is 2.26. The highest BCUT2D eigenvalue weighted by Gasteiger charge is 2.25. The van der Waals surface area contributed by atoms with Crippen molar-refractivity contribution in [2.24, 2.45) is 11.7 Å². The van der Waals surface area contributed by atoms with Crippen molar-refractivity contribution < 1.29 is 9.21 Å². The maximum absolute atomic E-state index is 12.4. The molecule has 0 spiro atoms. The summed E-state index contributed by atoms with van der Waals surface area (Å²) in [6.07, 6.45) is 7.60. The first-order valence-electron chi connectivity index (χ1n) is 7.88. The Hall–Kier alpha value is -2.08. The predicted molar refractivity (Wildman–Crippen MR) is 83.2 cm³/mol. The van der Waals surface area contributed by atoms with Crippen molar-refractivity contribution in [3.05, 3.63) is 30.2 Å². The van der Waals surface area contributed by atoms with Gasteiger partial charge in [-0.2, -0.15) is 5.10 Å². The fourth-order valence-electron chi connectivity index (χ4n) is 3.14. The first-order chi connectivity index (χ1) is 10.8. The van der Waals surface area contributed by atoms with Crippen LogP contribution in [-0.2, 0) is 0 Å². The number of amides is 1. The number of nitrogens with one attached hydrogen (secondary N) is 2. The van der Waals surface area contributed by atoms with Crippen molar-refractivity contribution in [3.63, 3.8) is 0 Å². The Morgan fingerprint density at radius 1 is 1.45 bits per heavy atom. The molecule has 118 valence electrons. The fraction of sp³-hybridized carbons (Fsp3) is 0.500. The van der Waals surface area contributed by atoms with Crippen LogP contribution in [0.5, 0.6) is 0 Å². The number of hydrogen-bond donors (Lipinski definition) is 3. The summed E-state index contributed by atoms with van der Waals surface area (Å²) in [6.45, 7) is 0.464. The van der Waals surface area contributed by atoms with E-state index in [1.807, 2.05) is 6.07 Å². The second kappa shape index (κ2) is 6.79. The summed E-state index contributed by atoms with van der Waals surface area (Å²) in [5.41, 5.74) is 6.91. The topological polar surface area (TPSA) is 96.9 Å². The lowest BCUT2D eigenvalue weighted by molar-refractivity contribution is 0.0910. The molecule has 0 bridgehead atoms. The standard InChI is InChI=1S/C16H22N4O2/c17-10-14(11-5-2-1-3-6-11)18-16(21)13-9-12(19-20-13)15-7-4-8-22-15/h4,7-9,11,14H,1-3,5-6,10,17H2,(H,18,21)(H,19,20). The zero-order chi connectivity index (χ0) is 15.4. The molecule has 2 aromatic rings. The molecular formula is C16H22N4O2. The van der Waals surface area contributed by atoms with Crippen LogP contribution in [-0.4, -0.2) is 28.7 Å². The van der Waals surface area contributed by atoms with Crippen molar-refractivity contribution in [2.75, 3.05) is 6.54 Å². The van der Waals surface area contributed by atoms with Crippen LogP contribution in [0.1, 0.15) is 42.6 Å². The number of furan rings is 1. The smallest absolute Gasteiger partial charge is 0.272 e. The van der Waals surface area contributed by atoms with Gasteiger partial charge in [-0.25, -0.2) is 0 Å². The number of nitrogens with two attached hydrogens (primary N) is 1. The van der Waals surface area contributed by atoms with Crippen molar-refractivity contribution >= 4 is 5.91 Å². The molecular weight excluding hydrogens is 280 g/mol. The molecule has 6 heteroatoms. The number of carbonyl (C=O) groups excluding carboxylic acids is 1. The predicted octanol–water partition coefficient (Wildman–Crippen LogP) is 2.31. The minimum atomic E-state index is -0.185. The van der Waals surface area contributed by atoms with Crippen LogP contribution in [0.15, 0.2) is 28.9 Å². The fourth-order valence-corrected chi connectivity index (χ4v) is 3.14. The van der Waals surface area contributed by atoms with Crippen molar-refractivity contribution in [2.45, 2.75) is 38.1 Å². The highest BCUT2D eigenvalue weighted by atomic mass is 16.3. The Kier molecular flexibility index (Phi) is 4.58. The van der Waals surface area contributed by atoms with Gasteiger partial charge in [-0.1, -0.05) is 19.3 Å². The van der Waals surface area contributed by atoms with Gasteiger partial charge in [0.05, 0.1) is 6.26 Å². The largest absolute Gasteiger partial charge is 0.463 e. The number of H-pyrrole nitrogens is 1. The molecule has 6 nitrogen and oxygen atoms in total. The molecule has 0 radical (unpaired) electrons. The monoisotopic (exact) mass is 302 g/mol. The van der Waals surface area contributed by atoms with E-state index in [9.17, 15) is 4.79 Å². The first-order valence-corrected chi connectivity index (χ1v) is 7.88. The van der Waals surface area contributed by atoms with E-state index in [0.29, 0.717) is 29.6 Å². The SMILES string of the molecule is NCC(NC(=O)c1cc(-c2ccco2)[nH]n1)C1CCCCC1. The van der Waals surface area contributed by atoms with E-state index in [-0.39, 0.29) is 11.9 Å². The molecule has 1 aliphatic carbocycles. The van der Waals surface area contributed by atoms with E-state index >= 15 is 0 Å². The van der Waals surface area contributed by atoms with Gasteiger partial charge in [0.1, 0.15) is 5.69 Å². The van der Waals surface area contributed by atoms with Gasteiger partial charge >= 0.3 is 0 Å². The molecule has 22 heavy (non-hydrogen) atoms. The summed E-state index contributed by atoms with van der Waals surface area (Å²) in [6, 6.07) is 5.34. The number of hydrogen-bond acceptors (Lipinski definition) is 4. The molecule has 4 N–H and O–H groups in total. The third-order valence-electron chi connectivity index (χ3n) is 4.39. The van der Waals surface area contributed by atoms with Gasteiger partial charge in [0.2, 0.25) is 0 Å². The molecule has 0 aromatic carbocycles. The van der Waals surface area contributed by atoms with E-state index in [2.05, 4.69) is 15.5 Å². The lowest BCUT2D eigenvalue weighted by atomic mass is 9.84. The molecule has 1 saturated carbocycles. The lowest BCUT2D eigenvalue weighted by Crippen LogP contribution is -2.46. The maximum atomic E-state index is 12.4. The van der Waals surface area contributed by atoms with Crippen LogP contribution in [0.25, 0.3) is 11.5 Å². The van der Waals surface area contributed by atoms with Crippen LogP contribution < -0.4 is 11.1 Å². The zero-order valence-corrected chi connectivity index (χ0v) is 12.5. The third kappa shape index (κ3) is 3.22. The summed E-state index contributed by atoms with van der Waals surface area (Å²) in [4.78, 5) is 12.4. The Morgan fingerprint density at radius 2 is 2.27 bits per heavy atom. The third-order valence-corrected chi connectivity index (χ3v) is 4.39. The van der Waals surface area contributed by atoms with E-state index in [0.717, 1.165) is 12.8 Å². The van der Waals surface area contributed by atoms with Crippen LogP contribution >= 0.6 is 0 Å². The van der Waals surface area contributed by atoms with Crippen LogP contribution in [0, 0.1) is 5.92 Å². The average molecular weight is 302 g/mol. The molecule has 2 heterocycles. The number of carbonyl (C=O) groups is 1. The normalized spacial score (nSPS) is 17.3. The van der Waals surface area contributed by atoms with E-state index < -0.39 is 0 Å². The molecule has 1 aliphatic rings. The Bertz CT molecular complexity index is 599. The Labute approximate surface area is 129 Å². The maximum Gasteiger partial charge on any atom is 0.272 e. The van der Waals surface area contributed by atoms with E-state index in [4.69, 9.17) is 10.2 Å². The van der Waals surface area contributed by atoms with Crippen molar-refractivity contribution in [3.8, 4) is 11.5 Å². The number of nitrogens with zero attached hydrogens (tertiary/aromatic N) is 1. The van der Waals surface area contributed by atoms with Gasteiger partial charge in [0.15, 0.2) is 11.5 Å². The second-order valence-electron chi connectivity index (χ2n) is 5.86. The average Bonchev–Trinajstić information content (AvgIpc) is 3.23. The minimum Gasteiger partial charge on any atom is -0.463 e. The van der Waals surface area contributed by atoms with E-state index in [1.54, 1.807) is 18.4 Å². The molecule has 1 fully saturated rings. The van der Waals surface area contributed by atoms with Gasteiger partial charge in [-0.05, 0) is 30.9 Å². The Morgan fingerprint density at radius 3 is 2.95 bits per heavy atom. The highest BCUT2D eigenvalue weighted by molar-refractivity contribution is 5.93. The van der Waals surface area contributed by atoms with Gasteiger partial charge in [-0.3, -0.25) is 9.89 Å². The molecule has 3 rings (SSSR count). The summed E-state index contributed by atoms with van der Waals surface area (Å²) in [7, 11) is 0.